The van der Waals surface area contributed by atoms with Gasteiger partial charge >= 0.3 is 0 Å². The second-order valence-electron chi connectivity index (χ2n) is 6.71. The van der Waals surface area contributed by atoms with E-state index in [1.165, 1.54) is 6.07 Å². The zero-order valence-corrected chi connectivity index (χ0v) is 16.6. The summed E-state index contributed by atoms with van der Waals surface area (Å²) in [7, 11) is 0. The highest BCUT2D eigenvalue weighted by atomic mass is 16.4. The van der Waals surface area contributed by atoms with Crippen LogP contribution in [0, 0.1) is 0 Å². The summed E-state index contributed by atoms with van der Waals surface area (Å²) < 4.78 is 0. The highest BCUT2D eigenvalue weighted by molar-refractivity contribution is 5.84. The van der Waals surface area contributed by atoms with Crippen molar-refractivity contribution >= 4 is 5.97 Å². The van der Waals surface area contributed by atoms with E-state index < -0.39 is 5.97 Å². The molecule has 0 radical (unpaired) electrons. The predicted molar refractivity (Wildman–Crippen MR) is 112 cm³/mol. The van der Waals surface area contributed by atoms with E-state index in [4.69, 9.17) is 0 Å². The van der Waals surface area contributed by atoms with Gasteiger partial charge in [-0.1, -0.05) is 61.8 Å². The molecule has 1 aromatic carbocycles. The van der Waals surface area contributed by atoms with Crippen molar-refractivity contribution in [3.05, 3.63) is 71.9 Å². The van der Waals surface area contributed by atoms with Crippen molar-refractivity contribution in [2.45, 2.75) is 58.3 Å². The first-order valence-corrected chi connectivity index (χ1v) is 9.89. The molecule has 0 aliphatic carbocycles. The van der Waals surface area contributed by atoms with Crippen LogP contribution >= 0.6 is 0 Å². The lowest BCUT2D eigenvalue weighted by Crippen LogP contribution is -2.24. The molecule has 0 unspecified atom stereocenters. The summed E-state index contributed by atoms with van der Waals surface area (Å²) in [6, 6.07) is 4.58. The van der Waals surface area contributed by atoms with Crippen LogP contribution in [0.5, 0.6) is 11.5 Å². The van der Waals surface area contributed by atoms with Gasteiger partial charge in [-0.05, 0) is 62.3 Å². The van der Waals surface area contributed by atoms with Gasteiger partial charge in [0.25, 0.3) is 0 Å². The Kier molecular flexibility index (Phi) is 11.9. The smallest absolute Gasteiger partial charge is 0.119 e. The standard InChI is InChI=1S/C24H32O4/c1-2-21(24(27)28)16-14-12-10-8-6-4-3-5-7-9-11-13-15-20-17-22(25)19-23(26)18-20/h2-3,5,7,9,11,13,17-19,25-26H,4,6,8,10,12,14-16H2,1H3,(H,27,28)/p-1/b5-3-,9-7+,13-11-,21-2-. The summed E-state index contributed by atoms with van der Waals surface area (Å²) in [4.78, 5) is 10.8. The van der Waals surface area contributed by atoms with Gasteiger partial charge in [-0.15, -0.1) is 0 Å². The lowest BCUT2D eigenvalue weighted by atomic mass is 10.0. The molecule has 1 aromatic rings. The van der Waals surface area contributed by atoms with Gasteiger partial charge in [0.15, 0.2) is 0 Å². The molecule has 4 nitrogen and oxygen atoms in total. The monoisotopic (exact) mass is 383 g/mol. The lowest BCUT2D eigenvalue weighted by Gasteiger charge is -2.07. The first kappa shape index (κ1) is 23.3. The number of allylic oxidation sites excluding steroid dienone is 7. The van der Waals surface area contributed by atoms with Crippen molar-refractivity contribution in [2.75, 3.05) is 0 Å². The molecule has 152 valence electrons. The molecule has 0 saturated heterocycles. The largest absolute Gasteiger partial charge is 0.545 e. The third kappa shape index (κ3) is 11.1. The van der Waals surface area contributed by atoms with E-state index in [0.29, 0.717) is 18.4 Å². The van der Waals surface area contributed by atoms with Crippen LogP contribution in [-0.4, -0.2) is 16.2 Å². The van der Waals surface area contributed by atoms with E-state index in [0.717, 1.165) is 44.1 Å². The normalized spacial score (nSPS) is 12.5. The zero-order valence-electron chi connectivity index (χ0n) is 16.6. The maximum Gasteiger partial charge on any atom is 0.119 e. The summed E-state index contributed by atoms with van der Waals surface area (Å²) in [5.74, 6) is -0.904. The number of carboxylic acids is 1. The van der Waals surface area contributed by atoms with Crippen molar-refractivity contribution in [3.63, 3.8) is 0 Å². The summed E-state index contributed by atoms with van der Waals surface area (Å²) in [5.41, 5.74) is 1.27. The maximum absolute atomic E-state index is 10.8. The Bertz CT molecular complexity index is 691. The topological polar surface area (TPSA) is 80.6 Å². The molecule has 28 heavy (non-hydrogen) atoms. The minimum absolute atomic E-state index is 0.0713. The Labute approximate surface area is 168 Å². The molecule has 0 bridgehead atoms. The molecule has 0 aliphatic heterocycles. The molecule has 0 aliphatic rings. The molecule has 0 amide bonds. The van der Waals surface area contributed by atoms with Gasteiger partial charge in [0.05, 0.1) is 5.97 Å². The van der Waals surface area contributed by atoms with Gasteiger partial charge in [0.1, 0.15) is 11.5 Å². The van der Waals surface area contributed by atoms with Crippen molar-refractivity contribution in [1.29, 1.82) is 0 Å². The highest BCUT2D eigenvalue weighted by Crippen LogP contribution is 2.20. The van der Waals surface area contributed by atoms with E-state index in [2.05, 4.69) is 6.08 Å². The highest BCUT2D eigenvalue weighted by Gasteiger charge is 1.98. The third-order valence-electron chi connectivity index (χ3n) is 4.35. The van der Waals surface area contributed by atoms with Crippen molar-refractivity contribution in [1.82, 2.24) is 0 Å². The molecule has 0 saturated carbocycles. The average Bonchev–Trinajstić information content (AvgIpc) is 2.64. The van der Waals surface area contributed by atoms with Gasteiger partial charge in [0.2, 0.25) is 0 Å². The molecule has 0 aromatic heterocycles. The Morgan fingerprint density at radius 3 is 2.14 bits per heavy atom. The number of rotatable bonds is 13. The summed E-state index contributed by atoms with van der Waals surface area (Å²) >= 11 is 0. The van der Waals surface area contributed by atoms with Crippen LogP contribution in [0.3, 0.4) is 0 Å². The van der Waals surface area contributed by atoms with Crippen LogP contribution in [0.1, 0.15) is 57.4 Å². The number of unbranched alkanes of at least 4 members (excludes halogenated alkanes) is 5. The van der Waals surface area contributed by atoms with E-state index in [1.54, 1.807) is 25.1 Å². The molecule has 1 rings (SSSR count). The first-order valence-electron chi connectivity index (χ1n) is 9.89. The third-order valence-corrected chi connectivity index (χ3v) is 4.35. The first-order chi connectivity index (χ1) is 13.5. The lowest BCUT2D eigenvalue weighted by molar-refractivity contribution is -0.299. The Hall–Kier alpha value is -2.75. The van der Waals surface area contributed by atoms with E-state index in [9.17, 15) is 20.1 Å². The van der Waals surface area contributed by atoms with E-state index in [-0.39, 0.29) is 11.5 Å². The van der Waals surface area contributed by atoms with Gasteiger partial charge in [-0.25, -0.2) is 0 Å². The molecular weight excluding hydrogens is 352 g/mol. The molecule has 4 heteroatoms. The van der Waals surface area contributed by atoms with Crippen LogP contribution in [-0.2, 0) is 11.2 Å². The Morgan fingerprint density at radius 2 is 1.50 bits per heavy atom. The molecule has 0 atom stereocenters. The van der Waals surface area contributed by atoms with Crippen LogP contribution in [0.25, 0.3) is 0 Å². The minimum Gasteiger partial charge on any atom is -0.545 e. The number of hydrogen-bond donors (Lipinski definition) is 2. The number of aliphatic carboxylic acids is 1. The Morgan fingerprint density at radius 1 is 0.893 bits per heavy atom. The average molecular weight is 384 g/mol. The maximum atomic E-state index is 10.8. The Balaban J connectivity index is 2.06. The molecule has 0 fully saturated rings. The number of carbonyl (C=O) groups excluding carboxylic acids is 1. The van der Waals surface area contributed by atoms with Gasteiger partial charge in [0, 0.05) is 6.07 Å². The van der Waals surface area contributed by atoms with Crippen LogP contribution in [0.4, 0.5) is 0 Å². The summed E-state index contributed by atoms with van der Waals surface area (Å²) in [5, 5.41) is 29.6. The summed E-state index contributed by atoms with van der Waals surface area (Å²) in [6.07, 6.45) is 21.3. The molecule has 2 N–H and O–H groups in total. The molecule has 0 heterocycles. The van der Waals surface area contributed by atoms with Crippen molar-refractivity contribution in [2.24, 2.45) is 0 Å². The number of carbonyl (C=O) groups is 1. The SMILES string of the molecule is C/C=C(/CCCCCCC\C=C/C=C/C=C\Cc1cc(O)cc(O)c1)C(=O)[O-]. The van der Waals surface area contributed by atoms with Crippen LogP contribution < -0.4 is 5.11 Å². The number of phenols is 2. The van der Waals surface area contributed by atoms with Crippen molar-refractivity contribution < 1.29 is 20.1 Å². The van der Waals surface area contributed by atoms with Crippen molar-refractivity contribution in [3.8, 4) is 11.5 Å². The fourth-order valence-corrected chi connectivity index (χ4v) is 2.83. The number of benzene rings is 1. The second-order valence-corrected chi connectivity index (χ2v) is 6.71. The fraction of sp³-hybridized carbons (Fsp3) is 0.375. The number of hydrogen-bond acceptors (Lipinski definition) is 4. The van der Waals surface area contributed by atoms with E-state index >= 15 is 0 Å². The van der Waals surface area contributed by atoms with Gasteiger partial charge in [-0.3, -0.25) is 0 Å². The zero-order chi connectivity index (χ0) is 20.6. The minimum atomic E-state index is -1.05. The second kappa shape index (κ2) is 14.3. The number of carboxylic acid groups (broad SMARTS) is 1. The quantitative estimate of drug-likeness (QED) is 0.293. The van der Waals surface area contributed by atoms with E-state index in [1.807, 2.05) is 30.4 Å². The molecule has 0 spiro atoms. The summed E-state index contributed by atoms with van der Waals surface area (Å²) in [6.45, 7) is 1.74. The molecular formula is C24H31O4-. The number of phenolic OH excluding ortho intramolecular Hbond substituents is 2. The van der Waals surface area contributed by atoms with Gasteiger partial charge < -0.3 is 20.1 Å². The predicted octanol–water partition coefficient (Wildman–Crippen LogP) is 4.74. The van der Waals surface area contributed by atoms with Crippen LogP contribution in [0.2, 0.25) is 0 Å². The van der Waals surface area contributed by atoms with Gasteiger partial charge in [-0.2, -0.15) is 0 Å². The number of aromatic hydroxyl groups is 2. The van der Waals surface area contributed by atoms with Crippen LogP contribution in [0.15, 0.2) is 66.3 Å². The fourth-order valence-electron chi connectivity index (χ4n) is 2.83.